The second-order valence-electron chi connectivity index (χ2n) is 6.87. The number of aromatic nitrogens is 2. The van der Waals surface area contributed by atoms with E-state index in [4.69, 9.17) is 9.26 Å². The van der Waals surface area contributed by atoms with E-state index in [9.17, 15) is 4.79 Å². The molecule has 0 radical (unpaired) electrons. The first kappa shape index (κ1) is 19.2. The molecule has 6 nitrogen and oxygen atoms in total. The van der Waals surface area contributed by atoms with E-state index in [0.717, 1.165) is 17.1 Å². The second-order valence-corrected chi connectivity index (χ2v) is 9.45. The summed E-state index contributed by atoms with van der Waals surface area (Å²) in [5, 5.41) is 7.20. The van der Waals surface area contributed by atoms with Gasteiger partial charge in [-0.2, -0.15) is 4.98 Å². The number of ether oxygens (including phenoxy) is 1. The molecule has 1 aliphatic carbocycles. The van der Waals surface area contributed by atoms with E-state index in [-0.39, 0.29) is 45.9 Å². The minimum absolute atomic E-state index is 0.0210. The zero-order valence-electron chi connectivity index (χ0n) is 15.6. The Morgan fingerprint density at radius 2 is 2.18 bits per heavy atom. The molecule has 4 rings (SSSR count). The molecule has 1 atom stereocenters. The fraction of sp³-hybridized carbons (Fsp3) is 0.333. The van der Waals surface area contributed by atoms with Crippen LogP contribution in [0.15, 0.2) is 51.1 Å². The largest absolute Gasteiger partial charge is 0.460 e. The molecule has 0 spiro atoms. The highest BCUT2D eigenvalue weighted by Gasteiger charge is 2.26. The molecule has 0 saturated heterocycles. The van der Waals surface area contributed by atoms with E-state index in [2.05, 4.69) is 31.7 Å². The van der Waals surface area contributed by atoms with Crippen molar-refractivity contribution in [1.29, 1.82) is 0 Å². The van der Waals surface area contributed by atoms with Crippen molar-refractivity contribution in [3.05, 3.63) is 63.8 Å². The van der Waals surface area contributed by atoms with Gasteiger partial charge in [-0.05, 0) is 51.0 Å². The Morgan fingerprint density at radius 3 is 2.96 bits per heavy atom. The summed E-state index contributed by atoms with van der Waals surface area (Å²) in [6, 6.07) is 9.37. The fourth-order valence-corrected chi connectivity index (χ4v) is 5.38. The predicted molar refractivity (Wildman–Crippen MR) is 116 cm³/mol. The molecule has 7 heteroatoms. The lowest BCUT2D eigenvalue weighted by Crippen LogP contribution is -2.27. The Hall–Kier alpha value is -2.13. The molecule has 2 aromatic rings. The highest BCUT2D eigenvalue weighted by molar-refractivity contribution is 14.2. The van der Waals surface area contributed by atoms with Gasteiger partial charge in [0.1, 0.15) is 6.61 Å². The molecule has 146 valence electrons. The minimum Gasteiger partial charge on any atom is -0.460 e. The summed E-state index contributed by atoms with van der Waals surface area (Å²) in [7, 11) is 0. The lowest BCUT2D eigenvalue weighted by molar-refractivity contribution is -0.144. The molecule has 28 heavy (non-hydrogen) atoms. The third-order valence-electron chi connectivity index (χ3n) is 4.56. The molecule has 0 unspecified atom stereocenters. The molecule has 1 aromatic heterocycles. The standard InChI is InChI=1S/C21H22IN3O3/c1-14(23-12-19(26)27-13-15-5-3-2-4-6-15)21-24-20(25-28-21)17-9-10-22-18(11-17)16-7-8-16/h2-6,9-11,14,16,23H,7-8,12-13H2,1H3/t14-/m0/s1. The molecule has 1 aromatic carbocycles. The van der Waals surface area contributed by atoms with Crippen molar-refractivity contribution >= 4 is 35.8 Å². The highest BCUT2D eigenvalue weighted by atomic mass is 127. The average Bonchev–Trinajstić information content (AvgIpc) is 3.47. The Bertz CT molecular complexity index is 929. The number of hydrogen-bond acceptors (Lipinski definition) is 6. The van der Waals surface area contributed by atoms with Crippen molar-refractivity contribution in [3.63, 3.8) is 0 Å². The third-order valence-corrected chi connectivity index (χ3v) is 7.19. The van der Waals surface area contributed by atoms with Gasteiger partial charge in [0, 0.05) is 5.57 Å². The summed E-state index contributed by atoms with van der Waals surface area (Å²) in [4.78, 5) is 16.4. The number of nitrogens with zero attached hydrogens (tertiary/aromatic N) is 2. The van der Waals surface area contributed by atoms with Gasteiger partial charge in [0.15, 0.2) is 0 Å². The van der Waals surface area contributed by atoms with Gasteiger partial charge in [-0.15, -0.1) is 0 Å². The molecule has 2 aliphatic rings. The maximum absolute atomic E-state index is 11.9. The molecule has 0 bridgehead atoms. The lowest BCUT2D eigenvalue weighted by atomic mass is 10.1. The highest BCUT2D eigenvalue weighted by Crippen LogP contribution is 2.37. The molecule has 1 aliphatic heterocycles. The van der Waals surface area contributed by atoms with Crippen molar-refractivity contribution in [2.75, 3.05) is 6.54 Å². The van der Waals surface area contributed by atoms with Crippen LogP contribution in [-0.2, 0) is 16.1 Å². The van der Waals surface area contributed by atoms with Gasteiger partial charge >= 0.3 is 5.97 Å². The quantitative estimate of drug-likeness (QED) is 0.446. The number of halogens is 1. The number of carbonyl (C=O) groups excluding carboxylic acids is 1. The number of esters is 1. The van der Waals surface area contributed by atoms with Crippen LogP contribution < -0.4 is 5.32 Å². The fourth-order valence-electron chi connectivity index (χ4n) is 2.75. The van der Waals surface area contributed by atoms with Crippen LogP contribution in [0.25, 0.3) is 5.57 Å². The van der Waals surface area contributed by atoms with Crippen LogP contribution in [0, 0.1) is 5.92 Å². The van der Waals surface area contributed by atoms with E-state index < -0.39 is 0 Å². The van der Waals surface area contributed by atoms with Crippen LogP contribution in [0.4, 0.5) is 0 Å². The third kappa shape index (κ3) is 5.02. The van der Waals surface area contributed by atoms with Crippen molar-refractivity contribution in [3.8, 4) is 0 Å². The molecule has 0 amide bonds. The van der Waals surface area contributed by atoms with Crippen LogP contribution >= 0.6 is 20.7 Å². The summed E-state index contributed by atoms with van der Waals surface area (Å²) < 4.78 is 14.5. The van der Waals surface area contributed by atoms with E-state index in [1.54, 1.807) is 3.51 Å². The molecule has 1 saturated carbocycles. The Kier molecular flexibility index (Phi) is 6.11. The molecule has 1 fully saturated rings. The predicted octanol–water partition coefficient (Wildman–Crippen LogP) is 3.93. The van der Waals surface area contributed by atoms with Gasteiger partial charge in [0.05, 0.1) is 12.6 Å². The monoisotopic (exact) mass is 491 g/mol. The first-order valence-corrected chi connectivity index (χ1v) is 11.7. The first-order valence-electron chi connectivity index (χ1n) is 9.34. The normalized spacial score (nSPS) is 17.3. The summed E-state index contributed by atoms with van der Waals surface area (Å²) in [6.07, 6.45) is 6.95. The molecule has 1 N–H and O–H groups in total. The van der Waals surface area contributed by atoms with E-state index in [1.807, 2.05) is 37.3 Å². The van der Waals surface area contributed by atoms with Crippen LogP contribution in [-0.4, -0.2) is 26.2 Å². The van der Waals surface area contributed by atoms with Crippen molar-refractivity contribution in [2.24, 2.45) is 5.92 Å². The van der Waals surface area contributed by atoms with E-state index in [0.29, 0.717) is 11.7 Å². The zero-order chi connectivity index (χ0) is 19.3. The number of benzene rings is 1. The topological polar surface area (TPSA) is 77.2 Å². The number of hydrogen-bond donors (Lipinski definition) is 1. The number of nitrogens with one attached hydrogen (secondary N) is 1. The molecular weight excluding hydrogens is 469 g/mol. The van der Waals surface area contributed by atoms with E-state index in [1.165, 1.54) is 12.8 Å². The number of rotatable bonds is 8. The van der Waals surface area contributed by atoms with Gasteiger partial charge in [0.25, 0.3) is 0 Å². The summed E-state index contributed by atoms with van der Waals surface area (Å²) >= 11 is 0.0210. The smallest absolute Gasteiger partial charge is 0.320 e. The summed E-state index contributed by atoms with van der Waals surface area (Å²) in [6.45, 7) is 2.24. The van der Waals surface area contributed by atoms with Gasteiger partial charge in [-0.3, -0.25) is 10.1 Å². The van der Waals surface area contributed by atoms with Crippen LogP contribution in [0.5, 0.6) is 0 Å². The Labute approximate surface area is 173 Å². The Balaban J connectivity index is 1.28. The van der Waals surface area contributed by atoms with Crippen LogP contribution in [0.1, 0.15) is 43.1 Å². The lowest BCUT2D eigenvalue weighted by Gasteiger charge is -2.09. The van der Waals surface area contributed by atoms with Crippen LogP contribution in [0.2, 0.25) is 0 Å². The van der Waals surface area contributed by atoms with Crippen molar-refractivity contribution in [1.82, 2.24) is 15.5 Å². The Morgan fingerprint density at radius 1 is 1.36 bits per heavy atom. The van der Waals surface area contributed by atoms with Crippen molar-refractivity contribution < 1.29 is 14.1 Å². The SMILES string of the molecule is C[C@H](NCC(=O)OCc1ccccc1)c1nc(C2=CC(C3CC3)=IC=C2)no1. The van der Waals surface area contributed by atoms with Gasteiger partial charge < -0.3 is 9.26 Å². The van der Waals surface area contributed by atoms with Gasteiger partial charge in [-0.25, -0.2) is 0 Å². The minimum atomic E-state index is -0.319. The first-order chi connectivity index (χ1) is 13.7. The summed E-state index contributed by atoms with van der Waals surface area (Å²) in [5.74, 6) is 1.53. The van der Waals surface area contributed by atoms with Crippen LogP contribution in [0.3, 0.4) is 0 Å². The average molecular weight is 491 g/mol. The zero-order valence-corrected chi connectivity index (χ0v) is 17.8. The summed E-state index contributed by atoms with van der Waals surface area (Å²) in [5.41, 5.74) is 1.97. The maximum atomic E-state index is 11.9. The second kappa shape index (κ2) is 8.91. The van der Waals surface area contributed by atoms with Gasteiger partial charge in [-0.1, -0.05) is 56.2 Å². The van der Waals surface area contributed by atoms with Crippen molar-refractivity contribution in [2.45, 2.75) is 32.4 Å². The maximum Gasteiger partial charge on any atom is 0.320 e. The van der Waals surface area contributed by atoms with Gasteiger partial charge in [0.2, 0.25) is 11.7 Å². The molecular formula is C21H22IN3O3. The number of allylic oxidation sites excluding steroid dienone is 3. The number of carbonyl (C=O) groups is 1. The van der Waals surface area contributed by atoms with E-state index >= 15 is 0 Å². The molecule has 2 heterocycles.